The van der Waals surface area contributed by atoms with E-state index in [4.69, 9.17) is 5.73 Å². The Bertz CT molecular complexity index is 342. The third-order valence-electron chi connectivity index (χ3n) is 3.21. The molecule has 1 aromatic rings. The van der Waals surface area contributed by atoms with Crippen molar-refractivity contribution in [1.82, 2.24) is 0 Å². The Morgan fingerprint density at radius 3 is 2.64 bits per heavy atom. The number of halogens is 1. The summed E-state index contributed by atoms with van der Waals surface area (Å²) >= 11 is 0. The van der Waals surface area contributed by atoms with Gasteiger partial charge in [0.2, 0.25) is 0 Å². The van der Waals surface area contributed by atoms with Crippen LogP contribution < -0.4 is 5.73 Å². The average molecular weight is 193 g/mol. The number of rotatable bonds is 3. The standard InChI is InChI=1S/C12H16FN/c1-9-2-3-10(6-11(9)13)7-12(8-14)4-5-12/h2-3,6H,4-5,7-8,14H2,1H3. The lowest BCUT2D eigenvalue weighted by Gasteiger charge is -2.12. The van der Waals surface area contributed by atoms with E-state index < -0.39 is 0 Å². The summed E-state index contributed by atoms with van der Waals surface area (Å²) in [5.41, 5.74) is 7.78. The Labute approximate surface area is 84.1 Å². The van der Waals surface area contributed by atoms with Gasteiger partial charge in [0.05, 0.1) is 0 Å². The molecule has 1 saturated carbocycles. The minimum absolute atomic E-state index is 0.102. The van der Waals surface area contributed by atoms with Crippen LogP contribution in [0.25, 0.3) is 0 Å². The van der Waals surface area contributed by atoms with Gasteiger partial charge in [0.25, 0.3) is 0 Å². The van der Waals surface area contributed by atoms with Gasteiger partial charge in [-0.2, -0.15) is 0 Å². The molecule has 0 heterocycles. The summed E-state index contributed by atoms with van der Waals surface area (Å²) in [5, 5.41) is 0. The normalized spacial score (nSPS) is 18.2. The maximum absolute atomic E-state index is 13.2. The van der Waals surface area contributed by atoms with Crippen LogP contribution >= 0.6 is 0 Å². The van der Waals surface area contributed by atoms with Gasteiger partial charge >= 0.3 is 0 Å². The number of nitrogens with two attached hydrogens (primary N) is 1. The fraction of sp³-hybridized carbons (Fsp3) is 0.500. The summed E-state index contributed by atoms with van der Waals surface area (Å²) in [5.74, 6) is -0.102. The molecule has 0 amide bonds. The highest BCUT2D eigenvalue weighted by Gasteiger charge is 2.40. The molecule has 0 saturated heterocycles. The predicted molar refractivity (Wildman–Crippen MR) is 55.6 cm³/mol. The Kier molecular flexibility index (Phi) is 2.31. The van der Waals surface area contributed by atoms with Crippen molar-refractivity contribution in [3.05, 3.63) is 35.1 Å². The van der Waals surface area contributed by atoms with E-state index in [1.165, 1.54) is 12.8 Å². The fourth-order valence-electron chi connectivity index (χ4n) is 1.81. The quantitative estimate of drug-likeness (QED) is 0.783. The second-order valence-corrected chi connectivity index (χ2v) is 4.46. The topological polar surface area (TPSA) is 26.0 Å². The zero-order chi connectivity index (χ0) is 10.2. The molecule has 0 bridgehead atoms. The van der Waals surface area contributed by atoms with Crippen LogP contribution in [0.3, 0.4) is 0 Å². The second-order valence-electron chi connectivity index (χ2n) is 4.46. The van der Waals surface area contributed by atoms with Gasteiger partial charge in [0, 0.05) is 0 Å². The third-order valence-corrected chi connectivity index (χ3v) is 3.21. The van der Waals surface area contributed by atoms with Gasteiger partial charge in [-0.25, -0.2) is 4.39 Å². The van der Waals surface area contributed by atoms with Crippen LogP contribution in [0.15, 0.2) is 18.2 Å². The number of aryl methyl sites for hydroxylation is 1. The van der Waals surface area contributed by atoms with Gasteiger partial charge in [-0.1, -0.05) is 12.1 Å². The lowest BCUT2D eigenvalue weighted by molar-refractivity contribution is 0.518. The summed E-state index contributed by atoms with van der Waals surface area (Å²) in [6, 6.07) is 5.50. The molecule has 1 nitrogen and oxygen atoms in total. The molecule has 0 aromatic heterocycles. The van der Waals surface area contributed by atoms with Crippen molar-refractivity contribution >= 4 is 0 Å². The molecule has 1 aliphatic rings. The van der Waals surface area contributed by atoms with E-state index in [0.717, 1.165) is 18.5 Å². The number of hydrogen-bond acceptors (Lipinski definition) is 1. The van der Waals surface area contributed by atoms with Gasteiger partial charge in [0.15, 0.2) is 0 Å². The van der Waals surface area contributed by atoms with Crippen LogP contribution in [0.2, 0.25) is 0 Å². The van der Waals surface area contributed by atoms with Crippen molar-refractivity contribution in [3.8, 4) is 0 Å². The molecular formula is C12H16FN. The smallest absolute Gasteiger partial charge is 0.126 e. The second kappa shape index (κ2) is 3.35. The molecule has 1 fully saturated rings. The zero-order valence-electron chi connectivity index (χ0n) is 8.52. The maximum atomic E-state index is 13.2. The van der Waals surface area contributed by atoms with Crippen LogP contribution in [0.4, 0.5) is 4.39 Å². The summed E-state index contributed by atoms with van der Waals surface area (Å²) in [7, 11) is 0. The summed E-state index contributed by atoms with van der Waals surface area (Å²) in [6.45, 7) is 2.51. The first-order chi connectivity index (χ1) is 6.65. The Hall–Kier alpha value is -0.890. The number of hydrogen-bond donors (Lipinski definition) is 1. The van der Waals surface area contributed by atoms with E-state index in [9.17, 15) is 4.39 Å². The maximum Gasteiger partial charge on any atom is 0.126 e. The SMILES string of the molecule is Cc1ccc(CC2(CN)CC2)cc1F. The molecule has 0 radical (unpaired) electrons. The first-order valence-electron chi connectivity index (χ1n) is 5.10. The van der Waals surface area contributed by atoms with Gasteiger partial charge in [-0.05, 0) is 55.3 Å². The molecule has 0 unspecified atom stereocenters. The van der Waals surface area contributed by atoms with E-state index in [1.54, 1.807) is 13.0 Å². The molecule has 0 atom stereocenters. The van der Waals surface area contributed by atoms with Crippen LogP contribution in [0.5, 0.6) is 0 Å². The van der Waals surface area contributed by atoms with Gasteiger partial charge < -0.3 is 5.73 Å². The Morgan fingerprint density at radius 2 is 2.14 bits per heavy atom. The van der Waals surface area contributed by atoms with E-state index in [0.29, 0.717) is 11.0 Å². The van der Waals surface area contributed by atoms with Crippen LogP contribution in [-0.2, 0) is 6.42 Å². The van der Waals surface area contributed by atoms with E-state index in [2.05, 4.69) is 0 Å². The Balaban J connectivity index is 2.14. The van der Waals surface area contributed by atoms with Crippen LogP contribution in [0.1, 0.15) is 24.0 Å². The first-order valence-corrected chi connectivity index (χ1v) is 5.10. The van der Waals surface area contributed by atoms with E-state index >= 15 is 0 Å². The molecule has 2 heteroatoms. The van der Waals surface area contributed by atoms with E-state index in [-0.39, 0.29) is 5.82 Å². The molecule has 14 heavy (non-hydrogen) atoms. The highest BCUT2D eigenvalue weighted by atomic mass is 19.1. The average Bonchev–Trinajstić information content (AvgIpc) is 2.93. The molecule has 2 N–H and O–H groups in total. The summed E-state index contributed by atoms with van der Waals surface area (Å²) < 4.78 is 13.2. The predicted octanol–water partition coefficient (Wildman–Crippen LogP) is 2.42. The third kappa shape index (κ3) is 1.80. The molecule has 76 valence electrons. The summed E-state index contributed by atoms with van der Waals surface area (Å²) in [6.07, 6.45) is 3.32. The zero-order valence-corrected chi connectivity index (χ0v) is 8.52. The lowest BCUT2D eigenvalue weighted by atomic mass is 9.96. The minimum Gasteiger partial charge on any atom is -0.330 e. The highest BCUT2D eigenvalue weighted by molar-refractivity contribution is 5.25. The van der Waals surface area contributed by atoms with Crippen molar-refractivity contribution in [2.75, 3.05) is 6.54 Å². The molecule has 1 aromatic carbocycles. The van der Waals surface area contributed by atoms with Crippen molar-refractivity contribution in [2.45, 2.75) is 26.2 Å². The lowest BCUT2D eigenvalue weighted by Crippen LogP contribution is -2.17. The van der Waals surface area contributed by atoms with Crippen molar-refractivity contribution in [2.24, 2.45) is 11.1 Å². The fourth-order valence-corrected chi connectivity index (χ4v) is 1.81. The van der Waals surface area contributed by atoms with Crippen molar-refractivity contribution in [3.63, 3.8) is 0 Å². The molecule has 1 aliphatic carbocycles. The molecular weight excluding hydrogens is 177 g/mol. The number of benzene rings is 1. The van der Waals surface area contributed by atoms with Crippen LogP contribution in [-0.4, -0.2) is 6.54 Å². The first kappa shape index (κ1) is 9.66. The highest BCUT2D eigenvalue weighted by Crippen LogP contribution is 2.47. The van der Waals surface area contributed by atoms with E-state index in [1.807, 2.05) is 12.1 Å². The van der Waals surface area contributed by atoms with Crippen molar-refractivity contribution < 1.29 is 4.39 Å². The van der Waals surface area contributed by atoms with Gasteiger partial charge in [0.1, 0.15) is 5.82 Å². The monoisotopic (exact) mass is 193 g/mol. The molecule has 0 aliphatic heterocycles. The van der Waals surface area contributed by atoms with Gasteiger partial charge in [-0.15, -0.1) is 0 Å². The largest absolute Gasteiger partial charge is 0.330 e. The van der Waals surface area contributed by atoms with Crippen LogP contribution in [0, 0.1) is 18.2 Å². The molecule has 0 spiro atoms. The summed E-state index contributed by atoms with van der Waals surface area (Å²) in [4.78, 5) is 0. The van der Waals surface area contributed by atoms with Gasteiger partial charge in [-0.3, -0.25) is 0 Å². The molecule has 2 rings (SSSR count). The Morgan fingerprint density at radius 1 is 1.43 bits per heavy atom. The minimum atomic E-state index is -0.102. The van der Waals surface area contributed by atoms with Crippen molar-refractivity contribution in [1.29, 1.82) is 0 Å².